The van der Waals surface area contributed by atoms with Crippen LogP contribution in [0.15, 0.2) is 59.4 Å². The summed E-state index contributed by atoms with van der Waals surface area (Å²) in [4.78, 5) is 24.5. The molecule has 0 fully saturated rings. The van der Waals surface area contributed by atoms with Crippen LogP contribution in [0.1, 0.15) is 5.56 Å². The van der Waals surface area contributed by atoms with E-state index in [1.54, 1.807) is 50.6 Å². The van der Waals surface area contributed by atoms with E-state index in [1.807, 2.05) is 19.1 Å². The predicted octanol–water partition coefficient (Wildman–Crippen LogP) is 2.87. The second-order valence-corrected chi connectivity index (χ2v) is 6.19. The van der Waals surface area contributed by atoms with Gasteiger partial charge in [0.25, 0.3) is 5.56 Å². The van der Waals surface area contributed by atoms with Gasteiger partial charge in [-0.1, -0.05) is 17.7 Å². The lowest BCUT2D eigenvalue weighted by atomic mass is 10.1. The second-order valence-electron chi connectivity index (χ2n) is 6.19. The number of amides is 1. The van der Waals surface area contributed by atoms with Gasteiger partial charge in [-0.2, -0.15) is 5.10 Å². The number of rotatable bonds is 6. The molecule has 0 radical (unpaired) electrons. The molecule has 2 aromatic carbocycles. The fraction of sp³-hybridized carbons (Fsp3) is 0.190. The number of nitrogens with one attached hydrogen (secondary N) is 1. The Bertz CT molecular complexity index is 1040. The monoisotopic (exact) mass is 379 g/mol. The number of aromatic nitrogens is 2. The molecular weight excluding hydrogens is 358 g/mol. The largest absolute Gasteiger partial charge is 0.497 e. The normalized spacial score (nSPS) is 10.4. The number of anilines is 1. The number of nitrogens with zero attached hydrogens (tertiary/aromatic N) is 2. The lowest BCUT2D eigenvalue weighted by Crippen LogP contribution is -2.29. The Morgan fingerprint density at radius 3 is 2.46 bits per heavy atom. The first-order chi connectivity index (χ1) is 13.5. The molecule has 0 bridgehead atoms. The maximum absolute atomic E-state index is 12.3. The molecule has 0 aliphatic heterocycles. The third-order valence-corrected chi connectivity index (χ3v) is 4.18. The van der Waals surface area contributed by atoms with Crippen molar-refractivity contribution in [3.05, 3.63) is 70.5 Å². The Kier molecular flexibility index (Phi) is 5.74. The Labute approximate surface area is 162 Å². The average molecular weight is 379 g/mol. The number of hydrogen-bond acceptors (Lipinski definition) is 5. The van der Waals surface area contributed by atoms with Gasteiger partial charge in [0.05, 0.1) is 19.9 Å². The van der Waals surface area contributed by atoms with E-state index in [-0.39, 0.29) is 18.0 Å². The van der Waals surface area contributed by atoms with E-state index < -0.39 is 0 Å². The quantitative estimate of drug-likeness (QED) is 0.712. The van der Waals surface area contributed by atoms with Crippen LogP contribution in [0.5, 0.6) is 11.5 Å². The Morgan fingerprint density at radius 1 is 1.04 bits per heavy atom. The molecule has 0 aliphatic rings. The molecule has 1 amide bonds. The maximum Gasteiger partial charge on any atom is 0.267 e. The second kappa shape index (κ2) is 8.39. The van der Waals surface area contributed by atoms with E-state index in [2.05, 4.69) is 10.4 Å². The molecule has 0 atom stereocenters. The standard InChI is InChI=1S/C21H21N3O4/c1-14-4-6-15(7-5-14)22-20(25)13-24-21(26)11-9-18(23-24)17-12-16(27-2)8-10-19(17)28-3/h4-12H,13H2,1-3H3,(H,22,25). The van der Waals surface area contributed by atoms with Crippen molar-refractivity contribution in [2.75, 3.05) is 19.5 Å². The molecule has 3 aromatic rings. The van der Waals surface area contributed by atoms with Gasteiger partial charge in [-0.25, -0.2) is 4.68 Å². The first kappa shape index (κ1) is 19.2. The molecule has 0 spiro atoms. The number of aryl methyl sites for hydroxylation is 1. The molecule has 7 nitrogen and oxygen atoms in total. The molecule has 0 saturated carbocycles. The van der Waals surface area contributed by atoms with Crippen LogP contribution in [0.3, 0.4) is 0 Å². The number of carbonyl (C=O) groups is 1. The smallest absolute Gasteiger partial charge is 0.267 e. The maximum atomic E-state index is 12.3. The van der Waals surface area contributed by atoms with E-state index in [0.29, 0.717) is 28.4 Å². The van der Waals surface area contributed by atoms with Gasteiger partial charge < -0.3 is 14.8 Å². The molecule has 1 heterocycles. The first-order valence-corrected chi connectivity index (χ1v) is 8.67. The number of methoxy groups -OCH3 is 2. The minimum atomic E-state index is -0.371. The predicted molar refractivity (Wildman–Crippen MR) is 107 cm³/mol. The van der Waals surface area contributed by atoms with Crippen molar-refractivity contribution in [2.24, 2.45) is 0 Å². The molecule has 7 heteroatoms. The summed E-state index contributed by atoms with van der Waals surface area (Å²) in [5.74, 6) is 0.878. The zero-order valence-corrected chi connectivity index (χ0v) is 15.9. The van der Waals surface area contributed by atoms with E-state index in [4.69, 9.17) is 9.47 Å². The number of ether oxygens (including phenoxy) is 2. The van der Waals surface area contributed by atoms with Gasteiger partial charge in [0, 0.05) is 17.3 Å². The highest BCUT2D eigenvalue weighted by Crippen LogP contribution is 2.31. The highest BCUT2D eigenvalue weighted by Gasteiger charge is 2.12. The average Bonchev–Trinajstić information content (AvgIpc) is 2.71. The molecule has 1 aromatic heterocycles. The molecular formula is C21H21N3O4. The van der Waals surface area contributed by atoms with Crippen molar-refractivity contribution in [1.29, 1.82) is 0 Å². The molecule has 28 heavy (non-hydrogen) atoms. The Hall–Kier alpha value is -3.61. The lowest BCUT2D eigenvalue weighted by molar-refractivity contribution is -0.117. The fourth-order valence-electron chi connectivity index (χ4n) is 2.69. The molecule has 1 N–H and O–H groups in total. The van der Waals surface area contributed by atoms with E-state index in [0.717, 1.165) is 10.2 Å². The summed E-state index contributed by atoms with van der Waals surface area (Å²) in [6.45, 7) is 1.76. The van der Waals surface area contributed by atoms with Crippen LogP contribution in [0.4, 0.5) is 5.69 Å². The fourth-order valence-corrected chi connectivity index (χ4v) is 2.69. The van der Waals surface area contributed by atoms with Gasteiger partial charge in [0.1, 0.15) is 18.0 Å². The van der Waals surface area contributed by atoms with Crippen molar-refractivity contribution in [3.63, 3.8) is 0 Å². The third kappa shape index (κ3) is 4.37. The molecule has 3 rings (SSSR count). The van der Waals surface area contributed by atoms with E-state index in [1.165, 1.54) is 6.07 Å². The third-order valence-electron chi connectivity index (χ3n) is 4.18. The summed E-state index contributed by atoms with van der Waals surface area (Å²) in [5.41, 5.74) is 2.54. The summed E-state index contributed by atoms with van der Waals surface area (Å²) in [7, 11) is 3.12. The minimum Gasteiger partial charge on any atom is -0.497 e. The van der Waals surface area contributed by atoms with Gasteiger partial charge in [-0.05, 0) is 43.3 Å². The van der Waals surface area contributed by atoms with Crippen LogP contribution in [-0.2, 0) is 11.3 Å². The van der Waals surface area contributed by atoms with Crippen LogP contribution in [0, 0.1) is 6.92 Å². The SMILES string of the molecule is COc1ccc(OC)c(-c2ccc(=O)n(CC(=O)Nc3ccc(C)cc3)n2)c1. The van der Waals surface area contributed by atoms with Crippen LogP contribution < -0.4 is 20.3 Å². The molecule has 0 unspecified atom stereocenters. The van der Waals surface area contributed by atoms with Crippen molar-refractivity contribution >= 4 is 11.6 Å². The molecule has 0 aliphatic carbocycles. The van der Waals surface area contributed by atoms with Crippen molar-refractivity contribution < 1.29 is 14.3 Å². The topological polar surface area (TPSA) is 82.5 Å². The van der Waals surface area contributed by atoms with Gasteiger partial charge in [-0.15, -0.1) is 0 Å². The lowest BCUT2D eigenvalue weighted by Gasteiger charge is -2.12. The highest BCUT2D eigenvalue weighted by atomic mass is 16.5. The van der Waals surface area contributed by atoms with E-state index >= 15 is 0 Å². The molecule has 144 valence electrons. The number of hydrogen-bond donors (Lipinski definition) is 1. The van der Waals surface area contributed by atoms with Crippen molar-refractivity contribution in [1.82, 2.24) is 9.78 Å². The minimum absolute atomic E-state index is 0.202. The van der Waals surface area contributed by atoms with Gasteiger partial charge in [0.15, 0.2) is 0 Å². The van der Waals surface area contributed by atoms with Crippen LogP contribution >= 0.6 is 0 Å². The Balaban J connectivity index is 1.87. The zero-order valence-electron chi connectivity index (χ0n) is 15.9. The molecule has 0 saturated heterocycles. The summed E-state index contributed by atoms with van der Waals surface area (Å²) in [6, 6.07) is 15.7. The summed E-state index contributed by atoms with van der Waals surface area (Å²) >= 11 is 0. The van der Waals surface area contributed by atoms with Crippen LogP contribution in [-0.4, -0.2) is 29.9 Å². The Morgan fingerprint density at radius 2 is 1.79 bits per heavy atom. The van der Waals surface area contributed by atoms with Crippen molar-refractivity contribution in [2.45, 2.75) is 13.5 Å². The van der Waals surface area contributed by atoms with Crippen LogP contribution in [0.25, 0.3) is 11.3 Å². The van der Waals surface area contributed by atoms with Gasteiger partial charge in [0.2, 0.25) is 5.91 Å². The van der Waals surface area contributed by atoms with Crippen molar-refractivity contribution in [3.8, 4) is 22.8 Å². The summed E-state index contributed by atoms with van der Waals surface area (Å²) < 4.78 is 11.8. The first-order valence-electron chi connectivity index (χ1n) is 8.67. The van der Waals surface area contributed by atoms with E-state index in [9.17, 15) is 9.59 Å². The van der Waals surface area contributed by atoms with Crippen LogP contribution in [0.2, 0.25) is 0 Å². The van der Waals surface area contributed by atoms with Gasteiger partial charge in [-0.3, -0.25) is 9.59 Å². The number of benzene rings is 2. The van der Waals surface area contributed by atoms with Gasteiger partial charge >= 0.3 is 0 Å². The number of carbonyl (C=O) groups excluding carboxylic acids is 1. The highest BCUT2D eigenvalue weighted by molar-refractivity contribution is 5.90. The summed E-state index contributed by atoms with van der Waals surface area (Å²) in [6.07, 6.45) is 0. The zero-order chi connectivity index (χ0) is 20.1. The summed E-state index contributed by atoms with van der Waals surface area (Å²) in [5, 5.41) is 7.09.